The molecule has 0 spiro atoms. The van der Waals surface area contributed by atoms with Crippen LogP contribution in [-0.4, -0.2) is 35.2 Å². The van der Waals surface area contributed by atoms with E-state index in [1.165, 1.54) is 39.3 Å². The van der Waals surface area contributed by atoms with Gasteiger partial charge >= 0.3 is 5.97 Å². The van der Waals surface area contributed by atoms with Gasteiger partial charge in [-0.3, -0.25) is 9.80 Å². The van der Waals surface area contributed by atoms with E-state index in [9.17, 15) is 4.79 Å². The summed E-state index contributed by atoms with van der Waals surface area (Å²) in [5.41, 5.74) is 17.6. The van der Waals surface area contributed by atoms with Crippen molar-refractivity contribution in [3.05, 3.63) is 118 Å². The third kappa shape index (κ3) is 9.17. The van der Waals surface area contributed by atoms with Gasteiger partial charge < -0.3 is 20.6 Å². The molecule has 7 nitrogen and oxygen atoms in total. The average molecular weight is 734 g/mol. The zero-order chi connectivity index (χ0) is 38.9. The Kier molecular flexibility index (Phi) is 14.0. The lowest BCUT2D eigenvalue weighted by Gasteiger charge is -2.33. The number of benzene rings is 2. The van der Waals surface area contributed by atoms with Crippen molar-refractivity contribution in [2.45, 2.75) is 142 Å². The van der Waals surface area contributed by atoms with Crippen LogP contribution in [-0.2, 0) is 15.6 Å². The maximum absolute atomic E-state index is 10.8. The molecule has 2 aliphatic heterocycles. The minimum atomic E-state index is -0.710. The van der Waals surface area contributed by atoms with Crippen molar-refractivity contribution in [1.29, 1.82) is 0 Å². The number of rotatable bonds is 18. The number of nitrogens with zero attached hydrogens (tertiary/aromatic N) is 3. The molecule has 5 N–H and O–H groups in total. The topological polar surface area (TPSA) is 99.1 Å². The molecule has 292 valence electrons. The van der Waals surface area contributed by atoms with Crippen molar-refractivity contribution in [2.75, 3.05) is 22.9 Å². The molecule has 0 bridgehead atoms. The van der Waals surface area contributed by atoms with Gasteiger partial charge in [-0.2, -0.15) is 0 Å². The zero-order valence-corrected chi connectivity index (χ0v) is 34.0. The molecule has 2 aromatic rings. The van der Waals surface area contributed by atoms with Crippen LogP contribution >= 0.6 is 0 Å². The molecule has 1 aliphatic carbocycles. The third-order valence-electron chi connectivity index (χ3n) is 11.8. The number of carboxylic acids is 1. The van der Waals surface area contributed by atoms with Gasteiger partial charge in [0.2, 0.25) is 0 Å². The minimum Gasteiger partial charge on any atom is -0.481 e. The molecule has 0 fully saturated rings. The Morgan fingerprint density at radius 2 is 1.48 bits per heavy atom. The Labute approximate surface area is 326 Å². The van der Waals surface area contributed by atoms with Crippen LogP contribution < -0.4 is 21.4 Å². The first-order valence-corrected chi connectivity index (χ1v) is 20.7. The summed E-state index contributed by atoms with van der Waals surface area (Å²) >= 11 is 0. The Morgan fingerprint density at radius 3 is 2.17 bits per heavy atom. The number of hydrogen-bond donors (Lipinski definition) is 3. The highest BCUT2D eigenvalue weighted by Crippen LogP contribution is 2.48. The molecule has 0 amide bonds. The maximum Gasteiger partial charge on any atom is 0.303 e. The number of para-hydroxylation sites is 2. The number of unbranched alkanes of at least 4 members (excludes halogenated alkanes) is 5. The molecule has 0 aromatic heterocycles. The quantitative estimate of drug-likeness (QED) is 0.0797. The average Bonchev–Trinajstić information content (AvgIpc) is 3.49. The van der Waals surface area contributed by atoms with Crippen LogP contribution in [0.25, 0.3) is 0 Å². The Balaban J connectivity index is 1.46. The molecule has 1 atom stereocenters. The summed E-state index contributed by atoms with van der Waals surface area (Å²) in [4.78, 5) is 15.9. The van der Waals surface area contributed by atoms with E-state index in [4.69, 9.17) is 16.7 Å². The van der Waals surface area contributed by atoms with Crippen molar-refractivity contribution >= 4 is 17.3 Å². The first kappa shape index (κ1) is 40.9. The zero-order valence-electron chi connectivity index (χ0n) is 34.0. The normalized spacial score (nSPS) is 20.7. The second kappa shape index (κ2) is 18.4. The lowest BCUT2D eigenvalue weighted by Crippen LogP contribution is -2.40. The lowest BCUT2D eigenvalue weighted by atomic mass is 9.80. The molecular formula is C47H67N5O2. The van der Waals surface area contributed by atoms with Crippen LogP contribution in [0, 0.1) is 0 Å². The summed E-state index contributed by atoms with van der Waals surface area (Å²) in [7, 11) is 0. The second-order valence-corrected chi connectivity index (χ2v) is 16.6. The number of carboxylic acid groups (broad SMARTS) is 1. The molecule has 2 aromatic carbocycles. The standard InChI is InChI=1S/C47H67N5O2/c1-7-32-50-40-25-17-15-23-38(40)46(3,4)42(50)30-28-35-20-19-21-36(29-31-43-47(5,6)39-24-16-18-26-41(39)51(43)33-8-2)45(35)52(49)34-37(48)22-13-11-9-10-12-14-27-44(53)54/h15-18,23-26,28-31,34,42H,7-14,19-22,27,32-33,48-49H2,1-6H3,(H,53,54)/b30-28+,36-29+,37-34-,43-31+. The van der Waals surface area contributed by atoms with Gasteiger partial charge in [0.05, 0.1) is 11.7 Å². The minimum absolute atomic E-state index is 0.0322. The number of hydrazine groups is 1. The van der Waals surface area contributed by atoms with Gasteiger partial charge in [0.15, 0.2) is 0 Å². The number of allylic oxidation sites excluding steroid dienone is 7. The van der Waals surface area contributed by atoms with Crippen LogP contribution in [0.5, 0.6) is 0 Å². The van der Waals surface area contributed by atoms with E-state index in [0.29, 0.717) is 0 Å². The van der Waals surface area contributed by atoms with Crippen LogP contribution in [0.15, 0.2) is 107 Å². The Hall–Kier alpha value is -4.23. The van der Waals surface area contributed by atoms with Crippen LogP contribution in [0.3, 0.4) is 0 Å². The van der Waals surface area contributed by atoms with Gasteiger partial charge in [-0.05, 0) is 91.8 Å². The first-order valence-electron chi connectivity index (χ1n) is 20.7. The fourth-order valence-electron chi connectivity index (χ4n) is 8.99. The van der Waals surface area contributed by atoms with E-state index in [1.54, 1.807) is 5.01 Å². The van der Waals surface area contributed by atoms with E-state index in [0.717, 1.165) is 102 Å². The predicted molar refractivity (Wildman–Crippen MR) is 227 cm³/mol. The predicted octanol–water partition coefficient (Wildman–Crippen LogP) is 10.8. The summed E-state index contributed by atoms with van der Waals surface area (Å²) in [5, 5.41) is 10.7. The molecule has 0 saturated heterocycles. The SMILES string of the molecule is CCCN1/C(=C/C=C2\CCCC(/C=C/C3N(CCC)c4ccccc4C3(C)C)=C2N(N)/C=C(\N)CCCCCCCCC(=O)O)C(C)(C)c2ccccc21. The Bertz CT molecular complexity index is 1760. The molecule has 0 saturated carbocycles. The van der Waals surface area contributed by atoms with Crippen LogP contribution in [0.4, 0.5) is 11.4 Å². The largest absolute Gasteiger partial charge is 0.481 e. The third-order valence-corrected chi connectivity index (χ3v) is 11.8. The van der Waals surface area contributed by atoms with Gasteiger partial charge in [0.25, 0.3) is 0 Å². The number of hydrogen-bond acceptors (Lipinski definition) is 6. The van der Waals surface area contributed by atoms with Gasteiger partial charge in [-0.25, -0.2) is 5.84 Å². The van der Waals surface area contributed by atoms with E-state index in [1.807, 2.05) is 6.20 Å². The monoisotopic (exact) mass is 734 g/mol. The lowest BCUT2D eigenvalue weighted by molar-refractivity contribution is -0.137. The van der Waals surface area contributed by atoms with Crippen LogP contribution in [0.2, 0.25) is 0 Å². The number of nitrogens with two attached hydrogens (primary N) is 2. The van der Waals surface area contributed by atoms with E-state index >= 15 is 0 Å². The smallest absolute Gasteiger partial charge is 0.303 e. The summed E-state index contributed by atoms with van der Waals surface area (Å²) in [6.07, 6.45) is 23.5. The Morgan fingerprint density at radius 1 is 0.852 bits per heavy atom. The highest BCUT2D eigenvalue weighted by molar-refractivity contribution is 5.71. The molecule has 0 radical (unpaired) electrons. The number of fused-ring (bicyclic) bond motifs is 2. The fraction of sp³-hybridized carbons (Fsp3) is 0.511. The van der Waals surface area contributed by atoms with Gasteiger partial charge in [0.1, 0.15) is 0 Å². The maximum atomic E-state index is 10.8. The molecule has 3 aliphatic rings. The van der Waals surface area contributed by atoms with E-state index < -0.39 is 5.97 Å². The summed E-state index contributed by atoms with van der Waals surface area (Å²) in [5.74, 6) is 6.35. The summed E-state index contributed by atoms with van der Waals surface area (Å²) < 4.78 is 0. The van der Waals surface area contributed by atoms with Gasteiger partial charge in [-0.1, -0.05) is 122 Å². The van der Waals surface area contributed by atoms with Gasteiger partial charge in [-0.15, -0.1) is 0 Å². The highest BCUT2D eigenvalue weighted by atomic mass is 16.4. The van der Waals surface area contributed by atoms with Crippen molar-refractivity contribution in [1.82, 2.24) is 5.01 Å². The van der Waals surface area contributed by atoms with Crippen molar-refractivity contribution in [3.8, 4) is 0 Å². The second-order valence-electron chi connectivity index (χ2n) is 16.6. The van der Waals surface area contributed by atoms with Crippen molar-refractivity contribution in [3.63, 3.8) is 0 Å². The first-order chi connectivity index (χ1) is 25.9. The molecule has 5 rings (SSSR count). The van der Waals surface area contributed by atoms with E-state index in [2.05, 4.69) is 124 Å². The number of carbonyl (C=O) groups is 1. The van der Waals surface area contributed by atoms with Crippen molar-refractivity contribution < 1.29 is 9.90 Å². The number of anilines is 2. The molecule has 1 unspecified atom stereocenters. The number of aliphatic carboxylic acids is 1. The highest BCUT2D eigenvalue weighted by Gasteiger charge is 2.43. The van der Waals surface area contributed by atoms with Crippen LogP contribution in [0.1, 0.15) is 136 Å². The summed E-state index contributed by atoms with van der Waals surface area (Å²) in [6, 6.07) is 18.0. The van der Waals surface area contributed by atoms with Gasteiger partial charge in [0, 0.05) is 59.3 Å². The fourth-order valence-corrected chi connectivity index (χ4v) is 8.99. The molecule has 54 heavy (non-hydrogen) atoms. The van der Waals surface area contributed by atoms with E-state index in [-0.39, 0.29) is 23.3 Å². The molecule has 7 heteroatoms. The van der Waals surface area contributed by atoms with Crippen molar-refractivity contribution in [2.24, 2.45) is 11.6 Å². The summed E-state index contributed by atoms with van der Waals surface area (Å²) in [6.45, 7) is 15.9. The molecular weight excluding hydrogens is 667 g/mol. The molecule has 2 heterocycles.